The van der Waals surface area contributed by atoms with E-state index in [9.17, 15) is 19.5 Å². The fraction of sp³-hybridized carbons (Fsp3) is 0.375. The van der Waals surface area contributed by atoms with Gasteiger partial charge in [-0.15, -0.1) is 0 Å². The maximum atomic E-state index is 13.5. The minimum Gasteiger partial charge on any atom is -0.548 e. The smallest absolute Gasteiger partial charge is 0.234 e. The van der Waals surface area contributed by atoms with Crippen LogP contribution in [-0.4, -0.2) is 28.7 Å². The van der Waals surface area contributed by atoms with Gasteiger partial charge >= 0.3 is 0 Å². The van der Waals surface area contributed by atoms with Crippen LogP contribution in [0.3, 0.4) is 0 Å². The molecule has 0 N–H and O–H groups in total. The fourth-order valence-electron chi connectivity index (χ4n) is 5.76. The highest BCUT2D eigenvalue weighted by Gasteiger charge is 2.62. The van der Waals surface area contributed by atoms with Crippen LogP contribution >= 0.6 is 0 Å². The molecule has 0 aromatic heterocycles. The van der Waals surface area contributed by atoms with Crippen LogP contribution in [0.1, 0.15) is 54.4 Å². The molecule has 1 aliphatic heterocycles. The largest absolute Gasteiger partial charge is 0.548 e. The quantitative estimate of drug-likeness (QED) is 0.751. The van der Waals surface area contributed by atoms with Crippen molar-refractivity contribution in [1.82, 2.24) is 4.90 Å². The van der Waals surface area contributed by atoms with E-state index in [0.717, 1.165) is 27.2 Å². The average Bonchev–Trinajstić information content (AvgIpc) is 2.97. The molecule has 2 amide bonds. The highest BCUT2D eigenvalue weighted by Crippen LogP contribution is 2.61. The molecular weight excluding hydrogens is 366 g/mol. The summed E-state index contributed by atoms with van der Waals surface area (Å²) in [6.07, 6.45) is 0.203. The normalized spacial score (nSPS) is 27.6. The van der Waals surface area contributed by atoms with E-state index in [2.05, 4.69) is 0 Å². The highest BCUT2D eigenvalue weighted by molar-refractivity contribution is 6.09. The van der Waals surface area contributed by atoms with Gasteiger partial charge in [0.05, 0.1) is 23.8 Å². The molecule has 148 valence electrons. The second-order valence-electron chi connectivity index (χ2n) is 8.78. The Morgan fingerprint density at radius 1 is 0.862 bits per heavy atom. The Labute approximate surface area is 169 Å². The lowest BCUT2D eigenvalue weighted by atomic mass is 9.55. The summed E-state index contributed by atoms with van der Waals surface area (Å²) in [5.74, 6) is -3.62. The Balaban J connectivity index is 1.67. The van der Waals surface area contributed by atoms with Gasteiger partial charge in [0.15, 0.2) is 0 Å². The SMILES string of the molecule is CC(C)C[C@@H](C(=O)[O-])N1C(=O)[C@H]2C3c4ccccc4C(c4ccccc43)[C@@H]2C1=O. The summed E-state index contributed by atoms with van der Waals surface area (Å²) < 4.78 is 0. The zero-order chi connectivity index (χ0) is 20.4. The van der Waals surface area contributed by atoms with E-state index in [-0.39, 0.29) is 36.0 Å². The molecule has 5 heteroatoms. The molecule has 2 aromatic rings. The first-order valence-corrected chi connectivity index (χ1v) is 10.2. The topological polar surface area (TPSA) is 77.5 Å². The van der Waals surface area contributed by atoms with Crippen LogP contribution in [0.4, 0.5) is 0 Å². The molecule has 1 saturated heterocycles. The van der Waals surface area contributed by atoms with Crippen molar-refractivity contribution in [3.63, 3.8) is 0 Å². The second kappa shape index (κ2) is 6.28. The molecule has 0 unspecified atom stereocenters. The Morgan fingerprint density at radius 3 is 1.55 bits per heavy atom. The summed E-state index contributed by atoms with van der Waals surface area (Å²) in [6, 6.07) is 14.7. The Bertz CT molecular complexity index is 927. The summed E-state index contributed by atoms with van der Waals surface area (Å²) in [4.78, 5) is 39.9. The molecule has 5 nitrogen and oxygen atoms in total. The molecule has 1 fully saturated rings. The van der Waals surface area contributed by atoms with Gasteiger partial charge in [-0.1, -0.05) is 62.4 Å². The third-order valence-electron chi connectivity index (χ3n) is 6.76. The van der Waals surface area contributed by atoms with Crippen LogP contribution in [0.2, 0.25) is 0 Å². The van der Waals surface area contributed by atoms with Crippen molar-refractivity contribution in [2.24, 2.45) is 17.8 Å². The maximum Gasteiger partial charge on any atom is 0.234 e. The Morgan fingerprint density at radius 2 is 1.24 bits per heavy atom. The van der Waals surface area contributed by atoms with Crippen molar-refractivity contribution in [3.05, 3.63) is 70.8 Å². The summed E-state index contributed by atoms with van der Waals surface area (Å²) in [6.45, 7) is 3.76. The van der Waals surface area contributed by atoms with Crippen LogP contribution in [0.25, 0.3) is 0 Å². The lowest BCUT2D eigenvalue weighted by molar-refractivity contribution is -0.311. The third-order valence-corrected chi connectivity index (χ3v) is 6.76. The number of likely N-dealkylation sites (tertiary alicyclic amines) is 1. The number of rotatable bonds is 4. The van der Waals surface area contributed by atoms with Crippen LogP contribution in [0.5, 0.6) is 0 Å². The standard InChI is InChI=1S/C24H23NO4/c1-12(2)11-17(24(28)29)25-22(26)20-18-13-7-3-4-8-14(13)19(21(20)23(25)27)16-10-6-5-9-15(16)18/h3-10,12,17-21H,11H2,1-2H3,(H,28,29)/p-1/t17-,18?,19?,20-,21-/m0/s1. The number of carboxylic acid groups (broad SMARTS) is 1. The van der Waals surface area contributed by atoms with Crippen molar-refractivity contribution in [1.29, 1.82) is 0 Å². The highest BCUT2D eigenvalue weighted by atomic mass is 16.4. The van der Waals surface area contributed by atoms with Gasteiger partial charge in [0, 0.05) is 11.8 Å². The van der Waals surface area contributed by atoms with Crippen molar-refractivity contribution in [2.75, 3.05) is 0 Å². The van der Waals surface area contributed by atoms with Crippen LogP contribution in [-0.2, 0) is 14.4 Å². The molecule has 2 bridgehead atoms. The summed E-state index contributed by atoms with van der Waals surface area (Å²) in [5, 5.41) is 11.9. The van der Waals surface area contributed by atoms with E-state index in [4.69, 9.17) is 0 Å². The first kappa shape index (κ1) is 18.1. The molecule has 3 aliphatic carbocycles. The van der Waals surface area contributed by atoms with Gasteiger partial charge in [-0.05, 0) is 34.6 Å². The van der Waals surface area contributed by atoms with E-state index in [1.807, 2.05) is 62.4 Å². The lowest BCUT2D eigenvalue weighted by Crippen LogP contribution is -2.51. The number of carbonyl (C=O) groups excluding carboxylic acids is 3. The van der Waals surface area contributed by atoms with Crippen LogP contribution in [0, 0.1) is 17.8 Å². The zero-order valence-electron chi connectivity index (χ0n) is 16.4. The fourth-order valence-corrected chi connectivity index (χ4v) is 5.76. The lowest BCUT2D eigenvalue weighted by Gasteiger charge is -2.45. The first-order chi connectivity index (χ1) is 13.9. The van der Waals surface area contributed by atoms with Gasteiger partial charge < -0.3 is 9.90 Å². The van der Waals surface area contributed by atoms with Gasteiger partial charge in [0.25, 0.3) is 0 Å². The predicted molar refractivity (Wildman–Crippen MR) is 104 cm³/mol. The summed E-state index contributed by atoms with van der Waals surface area (Å²) in [5.41, 5.74) is 4.31. The average molecular weight is 388 g/mol. The summed E-state index contributed by atoms with van der Waals surface area (Å²) >= 11 is 0. The maximum absolute atomic E-state index is 13.5. The monoisotopic (exact) mass is 388 g/mol. The molecule has 0 saturated carbocycles. The van der Waals surface area contributed by atoms with Crippen molar-refractivity contribution >= 4 is 17.8 Å². The van der Waals surface area contributed by atoms with E-state index >= 15 is 0 Å². The second-order valence-corrected chi connectivity index (χ2v) is 8.78. The minimum atomic E-state index is -1.36. The van der Waals surface area contributed by atoms with E-state index in [1.54, 1.807) is 0 Å². The van der Waals surface area contributed by atoms with Gasteiger partial charge in [-0.25, -0.2) is 0 Å². The molecule has 6 rings (SSSR count). The molecule has 3 atom stereocenters. The van der Waals surface area contributed by atoms with Crippen molar-refractivity contribution in [3.8, 4) is 0 Å². The molecule has 4 aliphatic rings. The summed E-state index contributed by atoms with van der Waals surface area (Å²) in [7, 11) is 0. The van der Waals surface area contributed by atoms with Crippen molar-refractivity contribution in [2.45, 2.75) is 38.1 Å². The molecule has 2 aromatic carbocycles. The number of aliphatic carboxylic acids is 1. The zero-order valence-corrected chi connectivity index (χ0v) is 16.4. The number of carbonyl (C=O) groups is 3. The number of benzene rings is 2. The molecule has 29 heavy (non-hydrogen) atoms. The minimum absolute atomic E-state index is 0.0206. The number of imide groups is 1. The van der Waals surface area contributed by atoms with E-state index < -0.39 is 23.8 Å². The first-order valence-electron chi connectivity index (χ1n) is 10.2. The third kappa shape index (κ3) is 2.36. The van der Waals surface area contributed by atoms with E-state index in [0.29, 0.717) is 0 Å². The van der Waals surface area contributed by atoms with Crippen LogP contribution in [0.15, 0.2) is 48.5 Å². The number of amides is 2. The van der Waals surface area contributed by atoms with Gasteiger partial charge in [0.2, 0.25) is 11.8 Å². The molecule has 1 heterocycles. The molecule has 0 radical (unpaired) electrons. The predicted octanol–water partition coefficient (Wildman–Crippen LogP) is 2.04. The Hall–Kier alpha value is -2.95. The Kier molecular flexibility index (Phi) is 3.92. The molecular formula is C24H22NO4-. The van der Waals surface area contributed by atoms with Crippen molar-refractivity contribution < 1.29 is 19.5 Å². The van der Waals surface area contributed by atoms with Gasteiger partial charge in [0.1, 0.15) is 0 Å². The van der Waals surface area contributed by atoms with Crippen LogP contribution < -0.4 is 5.11 Å². The van der Waals surface area contributed by atoms with Gasteiger partial charge in [-0.3, -0.25) is 14.5 Å². The number of hydrogen-bond donors (Lipinski definition) is 0. The number of carboxylic acids is 1. The number of hydrogen-bond acceptors (Lipinski definition) is 4. The van der Waals surface area contributed by atoms with E-state index in [1.165, 1.54) is 0 Å². The molecule has 0 spiro atoms. The van der Waals surface area contributed by atoms with Gasteiger partial charge in [-0.2, -0.15) is 0 Å². The number of nitrogens with zero attached hydrogens (tertiary/aromatic N) is 1.